The Hall–Kier alpha value is -0.180. The Morgan fingerprint density at radius 1 is 1.25 bits per heavy atom. The van der Waals surface area contributed by atoms with Gasteiger partial charge in [-0.3, -0.25) is 0 Å². The average Bonchev–Trinajstić information content (AvgIpc) is 2.14. The molecule has 0 spiro atoms. The van der Waals surface area contributed by atoms with E-state index < -0.39 is 24.9 Å². The van der Waals surface area contributed by atoms with Crippen molar-refractivity contribution < 1.29 is 16.8 Å². The molecule has 0 aromatic rings. The van der Waals surface area contributed by atoms with Gasteiger partial charge in [0, 0.05) is 25.4 Å². The van der Waals surface area contributed by atoms with E-state index in [0.29, 0.717) is 13.0 Å². The SMILES string of the molecule is CS(=O)(=O)CS(=O)(=O)N1CCCCC1CN. The van der Waals surface area contributed by atoms with E-state index in [1.54, 1.807) is 0 Å². The molecular formula is C8H18N2O4S2. The molecule has 0 amide bonds. The number of hydrogen-bond acceptors (Lipinski definition) is 5. The molecule has 1 heterocycles. The van der Waals surface area contributed by atoms with Gasteiger partial charge in [0.2, 0.25) is 10.0 Å². The Morgan fingerprint density at radius 3 is 2.38 bits per heavy atom. The molecule has 1 unspecified atom stereocenters. The van der Waals surface area contributed by atoms with Gasteiger partial charge in [0.1, 0.15) is 0 Å². The van der Waals surface area contributed by atoms with Crippen LogP contribution in [0.1, 0.15) is 19.3 Å². The van der Waals surface area contributed by atoms with Gasteiger partial charge >= 0.3 is 0 Å². The highest BCUT2D eigenvalue weighted by Gasteiger charge is 2.33. The van der Waals surface area contributed by atoms with Gasteiger partial charge in [0.25, 0.3) is 0 Å². The monoisotopic (exact) mass is 270 g/mol. The molecule has 2 N–H and O–H groups in total. The number of nitrogens with zero attached hydrogens (tertiary/aromatic N) is 1. The lowest BCUT2D eigenvalue weighted by molar-refractivity contribution is 0.258. The second-order valence-corrected chi connectivity index (χ2v) is 8.58. The second-order valence-electron chi connectivity index (χ2n) is 4.15. The third-order valence-electron chi connectivity index (χ3n) is 2.57. The van der Waals surface area contributed by atoms with Crippen molar-refractivity contribution in [2.24, 2.45) is 5.73 Å². The zero-order valence-corrected chi connectivity index (χ0v) is 10.9. The lowest BCUT2D eigenvalue weighted by atomic mass is 10.1. The summed E-state index contributed by atoms with van der Waals surface area (Å²) in [6.45, 7) is 0.614. The maximum Gasteiger partial charge on any atom is 0.228 e. The molecule has 0 aromatic heterocycles. The normalized spacial score (nSPS) is 24.5. The lowest BCUT2D eigenvalue weighted by Crippen LogP contribution is -2.48. The first-order valence-electron chi connectivity index (χ1n) is 5.13. The molecule has 0 saturated carbocycles. The highest BCUT2D eigenvalue weighted by molar-refractivity contribution is 8.06. The number of piperidine rings is 1. The molecule has 96 valence electrons. The minimum atomic E-state index is -3.74. The zero-order chi connectivity index (χ0) is 12.4. The summed E-state index contributed by atoms with van der Waals surface area (Å²) in [5, 5.41) is -0.823. The Morgan fingerprint density at radius 2 is 1.88 bits per heavy atom. The van der Waals surface area contributed by atoms with Gasteiger partial charge in [-0.05, 0) is 12.8 Å². The van der Waals surface area contributed by atoms with Gasteiger partial charge in [0.05, 0.1) is 0 Å². The predicted octanol–water partition coefficient (Wildman–Crippen LogP) is -0.868. The van der Waals surface area contributed by atoms with Crippen LogP contribution in [-0.2, 0) is 19.9 Å². The van der Waals surface area contributed by atoms with E-state index in [1.807, 2.05) is 0 Å². The molecule has 1 fully saturated rings. The first-order chi connectivity index (χ1) is 7.26. The van der Waals surface area contributed by atoms with Crippen LogP contribution in [0.2, 0.25) is 0 Å². The first kappa shape index (κ1) is 13.9. The average molecular weight is 270 g/mol. The fraction of sp³-hybridized carbons (Fsp3) is 1.00. The number of hydrogen-bond donors (Lipinski definition) is 1. The third kappa shape index (κ3) is 3.69. The Balaban J connectivity index is 2.89. The van der Waals surface area contributed by atoms with Crippen LogP contribution in [0.25, 0.3) is 0 Å². The van der Waals surface area contributed by atoms with Crippen molar-refractivity contribution >= 4 is 19.9 Å². The van der Waals surface area contributed by atoms with Gasteiger partial charge in [-0.25, -0.2) is 16.8 Å². The highest BCUT2D eigenvalue weighted by Crippen LogP contribution is 2.20. The molecule has 0 aromatic carbocycles. The molecule has 1 aliphatic heterocycles. The van der Waals surface area contributed by atoms with Gasteiger partial charge in [-0.2, -0.15) is 4.31 Å². The van der Waals surface area contributed by atoms with Crippen molar-refractivity contribution in [3.63, 3.8) is 0 Å². The summed E-state index contributed by atoms with van der Waals surface area (Å²) in [6, 6.07) is -0.250. The van der Waals surface area contributed by atoms with Crippen LogP contribution in [-0.4, -0.2) is 51.6 Å². The topological polar surface area (TPSA) is 97.5 Å². The quantitative estimate of drug-likeness (QED) is 0.716. The van der Waals surface area contributed by atoms with Crippen LogP contribution in [0.3, 0.4) is 0 Å². The lowest BCUT2D eigenvalue weighted by Gasteiger charge is -2.33. The van der Waals surface area contributed by atoms with Gasteiger partial charge in [0.15, 0.2) is 14.9 Å². The summed E-state index contributed by atoms with van der Waals surface area (Å²) in [5.74, 6) is 0. The van der Waals surface area contributed by atoms with Crippen molar-refractivity contribution in [3.05, 3.63) is 0 Å². The van der Waals surface area contributed by atoms with Crippen LogP contribution in [0.5, 0.6) is 0 Å². The predicted molar refractivity (Wildman–Crippen MR) is 62.0 cm³/mol. The van der Waals surface area contributed by atoms with Crippen LogP contribution in [0, 0.1) is 0 Å². The number of sulfone groups is 1. The number of nitrogens with two attached hydrogens (primary N) is 1. The van der Waals surface area contributed by atoms with Gasteiger partial charge in [-0.1, -0.05) is 6.42 Å². The maximum atomic E-state index is 11.9. The number of sulfonamides is 1. The Bertz CT molecular complexity index is 429. The van der Waals surface area contributed by atoms with Crippen molar-refractivity contribution in [3.8, 4) is 0 Å². The molecule has 1 saturated heterocycles. The van der Waals surface area contributed by atoms with Gasteiger partial charge < -0.3 is 5.73 Å². The van der Waals surface area contributed by atoms with E-state index in [-0.39, 0.29) is 12.6 Å². The fourth-order valence-electron chi connectivity index (χ4n) is 1.91. The van der Waals surface area contributed by atoms with Crippen molar-refractivity contribution in [2.45, 2.75) is 25.3 Å². The minimum absolute atomic E-state index is 0.239. The van der Waals surface area contributed by atoms with Crippen molar-refractivity contribution in [2.75, 3.05) is 24.4 Å². The molecule has 0 aliphatic carbocycles. The summed E-state index contributed by atoms with van der Waals surface area (Å²) < 4.78 is 47.1. The molecule has 0 bridgehead atoms. The first-order valence-corrected chi connectivity index (χ1v) is 8.80. The summed E-state index contributed by atoms with van der Waals surface area (Å²) >= 11 is 0. The third-order valence-corrected chi connectivity index (χ3v) is 6.66. The van der Waals surface area contributed by atoms with Crippen molar-refractivity contribution in [1.29, 1.82) is 0 Å². The standard InChI is InChI=1S/C8H18N2O4S2/c1-15(11,12)7-16(13,14)10-5-3-2-4-8(10)6-9/h8H,2-7,9H2,1H3. The number of rotatable bonds is 4. The van der Waals surface area contributed by atoms with Crippen LogP contribution in [0.4, 0.5) is 0 Å². The maximum absolute atomic E-state index is 11.9. The van der Waals surface area contributed by atoms with Gasteiger partial charge in [-0.15, -0.1) is 0 Å². The van der Waals surface area contributed by atoms with E-state index in [1.165, 1.54) is 4.31 Å². The van der Waals surface area contributed by atoms with Crippen LogP contribution < -0.4 is 5.73 Å². The molecule has 0 radical (unpaired) electrons. The summed E-state index contributed by atoms with van der Waals surface area (Å²) in [7, 11) is -7.27. The molecule has 16 heavy (non-hydrogen) atoms. The van der Waals surface area contributed by atoms with E-state index in [9.17, 15) is 16.8 Å². The molecule has 1 rings (SSSR count). The smallest absolute Gasteiger partial charge is 0.228 e. The molecule has 1 atom stereocenters. The second kappa shape index (κ2) is 4.99. The Labute approximate surface area is 96.8 Å². The fourth-order valence-corrected chi connectivity index (χ4v) is 5.67. The van der Waals surface area contributed by atoms with E-state index >= 15 is 0 Å². The molecule has 6 nitrogen and oxygen atoms in total. The van der Waals surface area contributed by atoms with Crippen LogP contribution in [0.15, 0.2) is 0 Å². The van der Waals surface area contributed by atoms with Crippen molar-refractivity contribution in [1.82, 2.24) is 4.31 Å². The van der Waals surface area contributed by atoms with E-state index in [4.69, 9.17) is 5.73 Å². The molecule has 8 heteroatoms. The largest absolute Gasteiger partial charge is 0.329 e. The van der Waals surface area contributed by atoms with E-state index in [0.717, 1.165) is 19.1 Å². The van der Waals surface area contributed by atoms with E-state index in [2.05, 4.69) is 0 Å². The summed E-state index contributed by atoms with van der Waals surface area (Å²) in [6.07, 6.45) is 3.33. The van der Waals surface area contributed by atoms with Crippen LogP contribution >= 0.6 is 0 Å². The zero-order valence-electron chi connectivity index (χ0n) is 9.29. The minimum Gasteiger partial charge on any atom is -0.329 e. The molecular weight excluding hydrogens is 252 g/mol. The highest BCUT2D eigenvalue weighted by atomic mass is 32.3. The molecule has 1 aliphatic rings. The summed E-state index contributed by atoms with van der Waals surface area (Å²) in [4.78, 5) is 0. The Kier molecular flexibility index (Phi) is 4.33. The summed E-state index contributed by atoms with van der Waals surface area (Å²) in [5.41, 5.74) is 5.50.